The molecule has 0 saturated carbocycles. The third kappa shape index (κ3) is 3.36. The Morgan fingerprint density at radius 3 is 2.80 bits per heavy atom. The van der Waals surface area contributed by atoms with Crippen molar-refractivity contribution in [3.63, 3.8) is 0 Å². The molecule has 0 aliphatic carbocycles. The highest BCUT2D eigenvalue weighted by atomic mass is 35.5. The molecule has 2 heterocycles. The number of ether oxygens (including phenoxy) is 1. The summed E-state index contributed by atoms with van der Waals surface area (Å²) < 4.78 is 6.68. The van der Waals surface area contributed by atoms with Crippen LogP contribution in [0.25, 0.3) is 5.65 Å². The van der Waals surface area contributed by atoms with Crippen LogP contribution in [0.1, 0.15) is 17.0 Å². The highest BCUT2D eigenvalue weighted by Gasteiger charge is 2.14. The Morgan fingerprint density at radius 2 is 2.12 bits per heavy atom. The topological polar surface area (TPSA) is 88.5 Å². The van der Waals surface area contributed by atoms with E-state index >= 15 is 0 Å². The number of aromatic amines is 1. The normalized spacial score (nSPS) is 10.9. The quantitative estimate of drug-likeness (QED) is 0.748. The molecule has 8 heteroatoms. The predicted molar refractivity (Wildman–Crippen MR) is 95.6 cm³/mol. The number of rotatable bonds is 4. The number of hydrogen-bond donors (Lipinski definition) is 2. The van der Waals surface area contributed by atoms with Crippen molar-refractivity contribution in [1.82, 2.24) is 14.6 Å². The number of nitrogens with one attached hydrogen (secondary N) is 2. The summed E-state index contributed by atoms with van der Waals surface area (Å²) in [5.74, 6) is 0.334. The maximum absolute atomic E-state index is 12.4. The number of hydrogen-bond acceptors (Lipinski definition) is 4. The van der Waals surface area contributed by atoms with Crippen molar-refractivity contribution in [3.8, 4) is 5.75 Å². The van der Waals surface area contributed by atoms with Crippen LogP contribution < -0.4 is 15.6 Å². The third-order valence-electron chi connectivity index (χ3n) is 3.98. The number of fused-ring (bicyclic) bond motifs is 1. The van der Waals surface area contributed by atoms with E-state index in [-0.39, 0.29) is 17.9 Å². The molecule has 7 nitrogen and oxygen atoms in total. The molecule has 0 unspecified atom stereocenters. The van der Waals surface area contributed by atoms with E-state index in [1.807, 2.05) is 13.8 Å². The molecular formula is C17H17ClN4O3. The molecule has 2 N–H and O–H groups in total. The Morgan fingerprint density at radius 1 is 1.36 bits per heavy atom. The molecule has 2 aromatic heterocycles. The maximum atomic E-state index is 12.4. The molecule has 0 bridgehead atoms. The van der Waals surface area contributed by atoms with Gasteiger partial charge in [0.2, 0.25) is 5.91 Å². The number of benzene rings is 1. The molecule has 0 radical (unpaired) electrons. The Hall–Kier alpha value is -2.80. The van der Waals surface area contributed by atoms with Crippen LogP contribution in [0.5, 0.6) is 5.75 Å². The first kappa shape index (κ1) is 17.0. The first-order chi connectivity index (χ1) is 11.9. The lowest BCUT2D eigenvalue weighted by Gasteiger charge is -2.12. The van der Waals surface area contributed by atoms with Gasteiger partial charge in [-0.2, -0.15) is 0 Å². The van der Waals surface area contributed by atoms with Crippen LogP contribution in [0.4, 0.5) is 5.69 Å². The van der Waals surface area contributed by atoms with E-state index in [1.165, 1.54) is 13.2 Å². The molecule has 0 spiro atoms. The van der Waals surface area contributed by atoms with Gasteiger partial charge in [0.05, 0.1) is 18.6 Å². The van der Waals surface area contributed by atoms with Crippen LogP contribution >= 0.6 is 11.6 Å². The Kier molecular flexibility index (Phi) is 4.50. The lowest BCUT2D eigenvalue weighted by molar-refractivity contribution is -0.115. The van der Waals surface area contributed by atoms with Gasteiger partial charge in [0.25, 0.3) is 5.56 Å². The third-order valence-corrected chi connectivity index (χ3v) is 4.27. The van der Waals surface area contributed by atoms with Crippen LogP contribution in [-0.2, 0) is 11.2 Å². The standard InChI is InChI=1S/C17H17ClN4O3/c1-9-12(10(2)22-15(19-9)8-17(24)21-22)7-16(23)20-11-4-5-14(25-3)13(18)6-11/h4-6,8H,7H2,1-3H3,(H,20,23)(H,21,24). The molecule has 130 valence electrons. The Labute approximate surface area is 148 Å². The summed E-state index contributed by atoms with van der Waals surface area (Å²) in [6, 6.07) is 6.45. The van der Waals surface area contributed by atoms with Crippen LogP contribution in [0, 0.1) is 13.8 Å². The number of nitrogens with zero attached hydrogens (tertiary/aromatic N) is 2. The van der Waals surface area contributed by atoms with Crippen molar-refractivity contribution in [2.75, 3.05) is 12.4 Å². The minimum atomic E-state index is -0.232. The maximum Gasteiger partial charge on any atom is 0.266 e. The summed E-state index contributed by atoms with van der Waals surface area (Å²) in [6.45, 7) is 3.65. The van der Waals surface area contributed by atoms with Crippen LogP contribution in [0.2, 0.25) is 5.02 Å². The van der Waals surface area contributed by atoms with Crippen LogP contribution in [-0.4, -0.2) is 27.6 Å². The Balaban J connectivity index is 1.84. The van der Waals surface area contributed by atoms with Crippen molar-refractivity contribution in [1.29, 1.82) is 0 Å². The van der Waals surface area contributed by atoms with Crippen LogP contribution in [0.3, 0.4) is 0 Å². The fourth-order valence-electron chi connectivity index (χ4n) is 2.72. The lowest BCUT2D eigenvalue weighted by atomic mass is 10.1. The number of amides is 1. The van der Waals surface area contributed by atoms with Gasteiger partial charge in [-0.05, 0) is 32.0 Å². The van der Waals surface area contributed by atoms with Gasteiger partial charge in [0.1, 0.15) is 5.75 Å². The van der Waals surface area contributed by atoms with E-state index in [0.717, 1.165) is 11.3 Å². The molecule has 1 aromatic carbocycles. The van der Waals surface area contributed by atoms with Gasteiger partial charge >= 0.3 is 0 Å². The number of aromatic nitrogens is 3. The van der Waals surface area contributed by atoms with Gasteiger partial charge in [0, 0.05) is 28.7 Å². The summed E-state index contributed by atoms with van der Waals surface area (Å²) in [7, 11) is 1.53. The molecule has 0 fully saturated rings. The first-order valence-corrected chi connectivity index (χ1v) is 7.98. The minimum absolute atomic E-state index is 0.129. The number of methoxy groups -OCH3 is 1. The second kappa shape index (κ2) is 6.60. The van der Waals surface area contributed by atoms with Gasteiger partial charge < -0.3 is 10.1 Å². The van der Waals surface area contributed by atoms with Gasteiger partial charge in [-0.25, -0.2) is 9.50 Å². The van der Waals surface area contributed by atoms with E-state index in [1.54, 1.807) is 22.7 Å². The SMILES string of the molecule is COc1ccc(NC(=O)Cc2c(C)nc3cc(=O)[nH]n3c2C)cc1Cl. The van der Waals surface area contributed by atoms with Crippen molar-refractivity contribution in [2.24, 2.45) is 0 Å². The van der Waals surface area contributed by atoms with Gasteiger partial charge in [-0.15, -0.1) is 0 Å². The molecule has 1 amide bonds. The molecule has 0 saturated heterocycles. The minimum Gasteiger partial charge on any atom is -0.495 e. The highest BCUT2D eigenvalue weighted by molar-refractivity contribution is 6.32. The van der Waals surface area contributed by atoms with E-state index in [0.29, 0.717) is 27.8 Å². The number of carbonyl (C=O) groups is 1. The second-order valence-electron chi connectivity index (χ2n) is 5.65. The van der Waals surface area contributed by atoms with Gasteiger partial charge in [-0.1, -0.05) is 11.6 Å². The molecule has 3 aromatic rings. The fraction of sp³-hybridized carbons (Fsp3) is 0.235. The summed E-state index contributed by atoms with van der Waals surface area (Å²) in [6.07, 6.45) is 0.129. The fourth-order valence-corrected chi connectivity index (χ4v) is 2.98. The molecular weight excluding hydrogens is 344 g/mol. The molecule has 0 atom stereocenters. The molecule has 25 heavy (non-hydrogen) atoms. The second-order valence-corrected chi connectivity index (χ2v) is 6.06. The summed E-state index contributed by atoms with van der Waals surface area (Å²) >= 11 is 6.07. The van der Waals surface area contributed by atoms with E-state index in [4.69, 9.17) is 16.3 Å². The largest absolute Gasteiger partial charge is 0.495 e. The van der Waals surface area contributed by atoms with E-state index < -0.39 is 0 Å². The number of anilines is 1. The smallest absolute Gasteiger partial charge is 0.266 e. The van der Waals surface area contributed by atoms with Gasteiger partial charge in [-0.3, -0.25) is 14.7 Å². The average molecular weight is 361 g/mol. The summed E-state index contributed by atoms with van der Waals surface area (Å²) in [5.41, 5.74) is 3.12. The Bertz CT molecular complexity index is 1020. The first-order valence-electron chi connectivity index (χ1n) is 7.60. The zero-order valence-corrected chi connectivity index (χ0v) is 14.8. The summed E-state index contributed by atoms with van der Waals surface area (Å²) in [5, 5.41) is 5.89. The van der Waals surface area contributed by atoms with E-state index in [2.05, 4.69) is 15.4 Å². The van der Waals surface area contributed by atoms with Crippen molar-refractivity contribution >= 4 is 28.8 Å². The molecule has 3 rings (SSSR count). The van der Waals surface area contributed by atoms with Crippen molar-refractivity contribution in [3.05, 3.63) is 56.6 Å². The van der Waals surface area contributed by atoms with Crippen LogP contribution in [0.15, 0.2) is 29.1 Å². The lowest BCUT2D eigenvalue weighted by Crippen LogP contribution is -2.18. The monoisotopic (exact) mass is 360 g/mol. The van der Waals surface area contributed by atoms with Gasteiger partial charge in [0.15, 0.2) is 5.65 Å². The zero-order valence-electron chi connectivity index (χ0n) is 14.0. The van der Waals surface area contributed by atoms with Crippen molar-refractivity contribution < 1.29 is 9.53 Å². The number of aryl methyl sites for hydroxylation is 2. The van der Waals surface area contributed by atoms with Crippen molar-refractivity contribution in [2.45, 2.75) is 20.3 Å². The molecule has 0 aliphatic rings. The predicted octanol–water partition coefficient (Wildman–Crippen LogP) is 2.48. The molecule has 0 aliphatic heterocycles. The highest BCUT2D eigenvalue weighted by Crippen LogP contribution is 2.27. The zero-order chi connectivity index (χ0) is 18.1. The number of carbonyl (C=O) groups excluding carboxylic acids is 1. The summed E-state index contributed by atoms with van der Waals surface area (Å²) in [4.78, 5) is 28.3. The van der Waals surface area contributed by atoms with E-state index in [9.17, 15) is 9.59 Å². The number of H-pyrrole nitrogens is 1. The average Bonchev–Trinajstić information content (AvgIpc) is 2.92. The number of halogens is 1.